The predicted octanol–water partition coefficient (Wildman–Crippen LogP) is 3.43. The lowest BCUT2D eigenvalue weighted by Gasteiger charge is -2.07. The van der Waals surface area contributed by atoms with Crippen LogP contribution in [0.5, 0.6) is 5.75 Å². The standard InChI is InChI=1S/C11H12BrNO/c1-3-13-10(12)7-8-5-4-6-9(14-2)11(8)13/h4-7H,3H2,1-2H3. The van der Waals surface area contributed by atoms with E-state index < -0.39 is 0 Å². The van der Waals surface area contributed by atoms with Gasteiger partial charge >= 0.3 is 0 Å². The van der Waals surface area contributed by atoms with Gasteiger partial charge in [-0.05, 0) is 35.0 Å². The van der Waals surface area contributed by atoms with Crippen LogP contribution in [0.25, 0.3) is 10.9 Å². The number of rotatable bonds is 2. The van der Waals surface area contributed by atoms with Gasteiger partial charge in [-0.3, -0.25) is 0 Å². The van der Waals surface area contributed by atoms with Crippen molar-refractivity contribution < 1.29 is 4.74 Å². The van der Waals surface area contributed by atoms with Gasteiger partial charge in [0.25, 0.3) is 0 Å². The molecule has 2 aromatic rings. The van der Waals surface area contributed by atoms with E-state index in [1.165, 1.54) is 5.39 Å². The van der Waals surface area contributed by atoms with Crippen LogP contribution in [-0.2, 0) is 6.54 Å². The Kier molecular flexibility index (Phi) is 2.50. The Morgan fingerprint density at radius 1 is 1.43 bits per heavy atom. The van der Waals surface area contributed by atoms with Crippen LogP contribution >= 0.6 is 15.9 Å². The van der Waals surface area contributed by atoms with Crippen molar-refractivity contribution in [2.75, 3.05) is 7.11 Å². The third-order valence-corrected chi connectivity index (χ3v) is 3.03. The number of nitrogens with zero attached hydrogens (tertiary/aromatic N) is 1. The maximum absolute atomic E-state index is 5.34. The number of aryl methyl sites for hydroxylation is 1. The molecule has 0 saturated carbocycles. The lowest BCUT2D eigenvalue weighted by atomic mass is 10.2. The fraction of sp³-hybridized carbons (Fsp3) is 0.273. The fourth-order valence-corrected chi connectivity index (χ4v) is 2.41. The summed E-state index contributed by atoms with van der Waals surface area (Å²) < 4.78 is 8.63. The number of aromatic nitrogens is 1. The first-order valence-corrected chi connectivity index (χ1v) is 5.39. The smallest absolute Gasteiger partial charge is 0.143 e. The van der Waals surface area contributed by atoms with Gasteiger partial charge in [0.05, 0.1) is 17.2 Å². The third-order valence-electron chi connectivity index (χ3n) is 2.37. The molecular formula is C11H12BrNO. The quantitative estimate of drug-likeness (QED) is 0.800. The summed E-state index contributed by atoms with van der Waals surface area (Å²) in [5, 5.41) is 1.21. The maximum atomic E-state index is 5.34. The summed E-state index contributed by atoms with van der Waals surface area (Å²) in [6, 6.07) is 8.20. The zero-order valence-corrected chi connectivity index (χ0v) is 9.84. The highest BCUT2D eigenvalue weighted by Crippen LogP contribution is 2.30. The summed E-state index contributed by atoms with van der Waals surface area (Å²) >= 11 is 3.54. The Balaban J connectivity index is 2.82. The fourth-order valence-electron chi connectivity index (χ4n) is 1.73. The van der Waals surface area contributed by atoms with Crippen LogP contribution in [0.4, 0.5) is 0 Å². The van der Waals surface area contributed by atoms with Gasteiger partial charge < -0.3 is 9.30 Å². The zero-order chi connectivity index (χ0) is 10.1. The molecule has 2 nitrogen and oxygen atoms in total. The molecule has 1 heterocycles. The van der Waals surface area contributed by atoms with E-state index in [1.807, 2.05) is 12.1 Å². The molecule has 1 aromatic carbocycles. The first-order valence-electron chi connectivity index (χ1n) is 4.59. The van der Waals surface area contributed by atoms with E-state index in [1.54, 1.807) is 7.11 Å². The molecule has 0 saturated heterocycles. The van der Waals surface area contributed by atoms with E-state index >= 15 is 0 Å². The molecule has 0 unspecified atom stereocenters. The number of benzene rings is 1. The Hall–Kier alpha value is -0.960. The summed E-state index contributed by atoms with van der Waals surface area (Å²) in [6.45, 7) is 3.06. The van der Waals surface area contributed by atoms with Gasteiger partial charge in [0.2, 0.25) is 0 Å². The summed E-state index contributed by atoms with van der Waals surface area (Å²) in [4.78, 5) is 0. The van der Waals surface area contributed by atoms with E-state index in [9.17, 15) is 0 Å². The number of methoxy groups -OCH3 is 1. The van der Waals surface area contributed by atoms with Crippen molar-refractivity contribution in [1.82, 2.24) is 4.57 Å². The van der Waals surface area contributed by atoms with E-state index in [0.717, 1.165) is 22.4 Å². The average molecular weight is 254 g/mol. The van der Waals surface area contributed by atoms with Crippen molar-refractivity contribution in [2.24, 2.45) is 0 Å². The van der Waals surface area contributed by atoms with Gasteiger partial charge in [0.1, 0.15) is 5.75 Å². The van der Waals surface area contributed by atoms with Crippen LogP contribution in [0.2, 0.25) is 0 Å². The minimum Gasteiger partial charge on any atom is -0.495 e. The summed E-state index contributed by atoms with van der Waals surface area (Å²) in [5.74, 6) is 0.926. The molecule has 0 N–H and O–H groups in total. The number of halogens is 1. The van der Waals surface area contributed by atoms with Crippen molar-refractivity contribution in [3.63, 3.8) is 0 Å². The Labute approximate surface area is 91.6 Å². The number of ether oxygens (including phenoxy) is 1. The highest BCUT2D eigenvalue weighted by Gasteiger charge is 2.09. The van der Waals surface area contributed by atoms with Crippen molar-refractivity contribution in [2.45, 2.75) is 13.5 Å². The van der Waals surface area contributed by atoms with E-state index in [4.69, 9.17) is 4.74 Å². The monoisotopic (exact) mass is 253 g/mol. The second kappa shape index (κ2) is 3.65. The van der Waals surface area contributed by atoms with Crippen molar-refractivity contribution in [1.29, 1.82) is 0 Å². The largest absolute Gasteiger partial charge is 0.495 e. The average Bonchev–Trinajstić information content (AvgIpc) is 2.52. The van der Waals surface area contributed by atoms with Crippen LogP contribution < -0.4 is 4.74 Å². The van der Waals surface area contributed by atoms with E-state index in [-0.39, 0.29) is 0 Å². The van der Waals surface area contributed by atoms with E-state index in [0.29, 0.717) is 0 Å². The van der Waals surface area contributed by atoms with Crippen LogP contribution in [0.15, 0.2) is 28.9 Å². The molecule has 0 spiro atoms. The number of hydrogen-bond acceptors (Lipinski definition) is 1. The van der Waals surface area contributed by atoms with Crippen molar-refractivity contribution in [3.8, 4) is 5.75 Å². The van der Waals surface area contributed by atoms with Gasteiger partial charge in [-0.15, -0.1) is 0 Å². The van der Waals surface area contributed by atoms with Crippen LogP contribution in [0.3, 0.4) is 0 Å². The minimum absolute atomic E-state index is 0.926. The SMILES string of the molecule is CCn1c(Br)cc2cccc(OC)c21. The number of fused-ring (bicyclic) bond motifs is 1. The Morgan fingerprint density at radius 2 is 2.21 bits per heavy atom. The van der Waals surface area contributed by atoms with Gasteiger partial charge in [-0.2, -0.15) is 0 Å². The first-order chi connectivity index (χ1) is 6.77. The lowest BCUT2D eigenvalue weighted by molar-refractivity contribution is 0.417. The van der Waals surface area contributed by atoms with Crippen LogP contribution in [0, 0.1) is 0 Å². The van der Waals surface area contributed by atoms with Gasteiger partial charge in [-0.1, -0.05) is 12.1 Å². The second-order valence-corrected chi connectivity index (χ2v) is 3.92. The molecule has 0 aliphatic rings. The third kappa shape index (κ3) is 1.32. The lowest BCUT2D eigenvalue weighted by Crippen LogP contribution is -1.95. The molecule has 0 fully saturated rings. The Morgan fingerprint density at radius 3 is 2.86 bits per heavy atom. The van der Waals surface area contributed by atoms with Crippen molar-refractivity contribution in [3.05, 3.63) is 28.9 Å². The first kappa shape index (κ1) is 9.59. The second-order valence-electron chi connectivity index (χ2n) is 3.11. The molecule has 0 bridgehead atoms. The van der Waals surface area contributed by atoms with Gasteiger partial charge in [-0.25, -0.2) is 0 Å². The van der Waals surface area contributed by atoms with Crippen LogP contribution in [-0.4, -0.2) is 11.7 Å². The molecule has 0 aliphatic heterocycles. The molecule has 1 aromatic heterocycles. The molecule has 0 aliphatic carbocycles. The molecule has 3 heteroatoms. The summed E-state index contributed by atoms with van der Waals surface area (Å²) in [6.07, 6.45) is 0. The number of hydrogen-bond donors (Lipinski definition) is 0. The van der Waals surface area contributed by atoms with Gasteiger partial charge in [0.15, 0.2) is 0 Å². The molecule has 0 radical (unpaired) electrons. The van der Waals surface area contributed by atoms with Crippen LogP contribution in [0.1, 0.15) is 6.92 Å². The maximum Gasteiger partial charge on any atom is 0.143 e. The zero-order valence-electron chi connectivity index (χ0n) is 8.25. The van der Waals surface area contributed by atoms with E-state index in [2.05, 4.69) is 39.6 Å². The molecule has 2 rings (SSSR count). The van der Waals surface area contributed by atoms with Crippen molar-refractivity contribution >= 4 is 26.8 Å². The summed E-state index contributed by atoms with van der Waals surface area (Å²) in [7, 11) is 1.70. The minimum atomic E-state index is 0.926. The molecule has 14 heavy (non-hydrogen) atoms. The van der Waals surface area contributed by atoms with Gasteiger partial charge in [0, 0.05) is 11.9 Å². The molecule has 0 amide bonds. The Bertz CT molecular complexity index is 462. The predicted molar refractivity (Wildman–Crippen MR) is 61.9 cm³/mol. The highest BCUT2D eigenvalue weighted by atomic mass is 79.9. The molecular weight excluding hydrogens is 242 g/mol. The number of para-hydroxylation sites is 1. The highest BCUT2D eigenvalue weighted by molar-refractivity contribution is 9.10. The molecule has 74 valence electrons. The molecule has 0 atom stereocenters. The topological polar surface area (TPSA) is 14.2 Å². The normalized spacial score (nSPS) is 10.8. The summed E-state index contributed by atoms with van der Waals surface area (Å²) in [5.41, 5.74) is 1.16.